The Morgan fingerprint density at radius 3 is 1.91 bits per heavy atom. The molecule has 0 radical (unpaired) electrons. The Morgan fingerprint density at radius 1 is 0.913 bits per heavy atom. The third-order valence-corrected chi connectivity index (χ3v) is 12.6. The summed E-state index contributed by atoms with van der Waals surface area (Å²) in [7, 11) is -3.59. The summed E-state index contributed by atoms with van der Waals surface area (Å²) in [6.45, 7) is 19.9. The van der Waals surface area contributed by atoms with Crippen molar-refractivity contribution < 1.29 is 32.4 Å². The lowest BCUT2D eigenvalue weighted by Gasteiger charge is -2.37. The van der Waals surface area contributed by atoms with Gasteiger partial charge >= 0.3 is 6.03 Å². The van der Waals surface area contributed by atoms with E-state index in [2.05, 4.69) is 16.0 Å². The Balaban J connectivity index is 1.87. The van der Waals surface area contributed by atoms with E-state index in [-0.39, 0.29) is 35.2 Å². The molecule has 0 aromatic rings. The number of carbonyl (C=O) groups is 5. The van der Waals surface area contributed by atoms with Crippen LogP contribution < -0.4 is 21.7 Å². The average molecular weight is 666 g/mol. The zero-order valence-corrected chi connectivity index (χ0v) is 30.2. The van der Waals surface area contributed by atoms with E-state index in [1.165, 1.54) is 4.90 Å². The van der Waals surface area contributed by atoms with Gasteiger partial charge in [0.1, 0.15) is 11.7 Å². The zero-order chi connectivity index (χ0) is 35.4. The van der Waals surface area contributed by atoms with Crippen molar-refractivity contribution in [3.05, 3.63) is 11.3 Å². The first-order valence-corrected chi connectivity index (χ1v) is 17.8. The lowest BCUT2D eigenvalue weighted by atomic mass is 9.80. The number of amides is 5. The molecule has 2 aliphatic carbocycles. The van der Waals surface area contributed by atoms with Gasteiger partial charge in [0.2, 0.25) is 11.7 Å². The van der Waals surface area contributed by atoms with Gasteiger partial charge in [0.25, 0.3) is 11.8 Å². The van der Waals surface area contributed by atoms with Gasteiger partial charge in [0.15, 0.2) is 9.84 Å². The molecular weight excluding hydrogens is 610 g/mol. The minimum Gasteiger partial charge on any atom is -0.363 e. The molecule has 0 bridgehead atoms. The van der Waals surface area contributed by atoms with Gasteiger partial charge in [-0.3, -0.25) is 19.2 Å². The smallest absolute Gasteiger partial charge is 0.315 e. The number of urea groups is 1. The fraction of sp³-hybridized carbons (Fsp3) is 0.788. The highest BCUT2D eigenvalue weighted by molar-refractivity contribution is 7.92. The Labute approximate surface area is 274 Å². The van der Waals surface area contributed by atoms with Crippen molar-refractivity contribution in [3.8, 4) is 0 Å². The fourth-order valence-corrected chi connectivity index (χ4v) is 7.62. The van der Waals surface area contributed by atoms with Crippen LogP contribution in [0.1, 0.15) is 102 Å². The maximum Gasteiger partial charge on any atom is 0.315 e. The van der Waals surface area contributed by atoms with Crippen molar-refractivity contribution in [2.45, 2.75) is 125 Å². The van der Waals surface area contributed by atoms with Gasteiger partial charge in [-0.25, -0.2) is 13.2 Å². The van der Waals surface area contributed by atoms with Crippen molar-refractivity contribution in [1.82, 2.24) is 20.9 Å². The first-order chi connectivity index (χ1) is 20.7. The molecular formula is C33H55N5O7S. The summed E-state index contributed by atoms with van der Waals surface area (Å²) in [4.78, 5) is 67.4. The number of hydrogen-bond donors (Lipinski definition) is 4. The van der Waals surface area contributed by atoms with E-state index in [1.54, 1.807) is 41.5 Å². The van der Waals surface area contributed by atoms with Crippen LogP contribution >= 0.6 is 0 Å². The van der Waals surface area contributed by atoms with Crippen LogP contribution in [0, 0.1) is 28.1 Å². The summed E-state index contributed by atoms with van der Waals surface area (Å²) >= 11 is 0. The number of sulfone groups is 1. The molecule has 5 N–H and O–H groups in total. The second kappa shape index (κ2) is 12.6. The second-order valence-electron chi connectivity index (χ2n) is 17.0. The average Bonchev–Trinajstić information content (AvgIpc) is 3.18. The number of Topliss-reactive ketones (excluding diaryl/α,β-unsaturated/α-hetero) is 1. The Morgan fingerprint density at radius 2 is 1.48 bits per heavy atom. The largest absolute Gasteiger partial charge is 0.363 e. The molecule has 2 fully saturated rings. The Hall–Kier alpha value is -2.96. The topological polar surface area (TPSA) is 185 Å². The predicted octanol–water partition coefficient (Wildman–Crippen LogP) is 2.81. The Bertz CT molecular complexity index is 1410. The van der Waals surface area contributed by atoms with Gasteiger partial charge in [0.05, 0.1) is 16.5 Å². The van der Waals surface area contributed by atoms with Gasteiger partial charge in [-0.2, -0.15) is 0 Å². The van der Waals surface area contributed by atoms with Crippen LogP contribution in [0.15, 0.2) is 11.3 Å². The summed E-state index contributed by atoms with van der Waals surface area (Å²) in [6, 6.07) is -3.64. The predicted molar refractivity (Wildman–Crippen MR) is 176 cm³/mol. The molecule has 12 nitrogen and oxygen atoms in total. The molecule has 3 rings (SSSR count). The third kappa shape index (κ3) is 7.94. The van der Waals surface area contributed by atoms with Crippen LogP contribution in [0.4, 0.5) is 4.79 Å². The van der Waals surface area contributed by atoms with Crippen LogP contribution in [-0.4, -0.2) is 78.0 Å². The number of ketones is 1. The van der Waals surface area contributed by atoms with E-state index < -0.39 is 73.1 Å². The third-order valence-electron chi connectivity index (χ3n) is 9.92. The summed E-state index contributed by atoms with van der Waals surface area (Å²) < 4.78 is 25.1. The van der Waals surface area contributed by atoms with Gasteiger partial charge in [-0.05, 0) is 54.9 Å². The molecule has 0 saturated heterocycles. The lowest BCUT2D eigenvalue weighted by molar-refractivity contribution is -0.139. The van der Waals surface area contributed by atoms with E-state index in [0.717, 1.165) is 24.8 Å². The summed E-state index contributed by atoms with van der Waals surface area (Å²) in [6.07, 6.45) is 3.10. The molecule has 1 heterocycles. The first kappa shape index (κ1) is 37.5. The molecule has 2 saturated carbocycles. The maximum absolute atomic E-state index is 14.3. The first-order valence-electron chi connectivity index (χ1n) is 16.2. The summed E-state index contributed by atoms with van der Waals surface area (Å²) in [5, 5.41) is 8.30. The van der Waals surface area contributed by atoms with Crippen molar-refractivity contribution in [3.63, 3.8) is 0 Å². The SMILES string of the molecule is CC1(C)C2=C(C(=O)NC(CC3CCC3)C(=O)C(N)=O)N(C(=O)[C@@H](NC(=O)N[C@H](CS(=O)(=O)C(C)(C)C)C(C)(C)C)C(C)(C)C)CC21. The van der Waals surface area contributed by atoms with Gasteiger partial charge in [-0.1, -0.05) is 74.7 Å². The van der Waals surface area contributed by atoms with Crippen molar-refractivity contribution in [1.29, 1.82) is 0 Å². The second-order valence-corrected chi connectivity index (χ2v) is 19.8. The molecule has 260 valence electrons. The Kier molecular flexibility index (Phi) is 10.3. The number of nitrogens with two attached hydrogens (primary N) is 1. The zero-order valence-electron chi connectivity index (χ0n) is 29.4. The highest BCUT2D eigenvalue weighted by Crippen LogP contribution is 2.63. The molecule has 0 aromatic carbocycles. The number of primary amides is 1. The summed E-state index contributed by atoms with van der Waals surface area (Å²) in [5.41, 5.74) is 4.48. The van der Waals surface area contributed by atoms with Gasteiger partial charge in [0, 0.05) is 18.5 Å². The number of rotatable bonds is 11. The van der Waals surface area contributed by atoms with Gasteiger partial charge in [-0.15, -0.1) is 0 Å². The monoisotopic (exact) mass is 665 g/mol. The highest BCUT2D eigenvalue weighted by Gasteiger charge is 2.62. The molecule has 1 aliphatic heterocycles. The van der Waals surface area contributed by atoms with Crippen LogP contribution in [0.3, 0.4) is 0 Å². The van der Waals surface area contributed by atoms with E-state index in [1.807, 2.05) is 34.6 Å². The highest BCUT2D eigenvalue weighted by atomic mass is 32.2. The van der Waals surface area contributed by atoms with E-state index >= 15 is 0 Å². The molecule has 4 atom stereocenters. The molecule has 0 aromatic heterocycles. The normalized spacial score (nSPS) is 21.8. The van der Waals surface area contributed by atoms with Crippen LogP contribution in [0.25, 0.3) is 0 Å². The van der Waals surface area contributed by atoms with Crippen LogP contribution in [0.2, 0.25) is 0 Å². The molecule has 5 amide bonds. The van der Waals surface area contributed by atoms with Crippen molar-refractivity contribution in [2.75, 3.05) is 12.3 Å². The molecule has 3 aliphatic rings. The fourth-order valence-electron chi connectivity index (χ4n) is 6.10. The van der Waals surface area contributed by atoms with Gasteiger partial charge < -0.3 is 26.6 Å². The molecule has 0 spiro atoms. The van der Waals surface area contributed by atoms with Crippen molar-refractivity contribution in [2.24, 2.45) is 33.8 Å². The minimum atomic E-state index is -3.59. The van der Waals surface area contributed by atoms with E-state index in [4.69, 9.17) is 5.73 Å². The molecule has 2 unspecified atom stereocenters. The van der Waals surface area contributed by atoms with E-state index in [9.17, 15) is 32.4 Å². The number of hydrogen-bond acceptors (Lipinski definition) is 7. The number of nitrogens with zero attached hydrogens (tertiary/aromatic N) is 1. The minimum absolute atomic E-state index is 0.0727. The maximum atomic E-state index is 14.3. The lowest BCUT2D eigenvalue weighted by Crippen LogP contribution is -2.60. The number of fused-ring (bicyclic) bond motifs is 1. The standard InChI is InChI=1S/C33H55N5O7S/c1-30(2,3)21(17-46(44,45)32(7,8)9)36-29(43)37-25(31(4,5)6)28(42)38-16-19-22(33(19,10)11)23(38)27(41)35-20(24(39)26(34)40)15-18-13-12-14-18/h18-21,25H,12-17H2,1-11H3,(H2,34,40)(H,35,41)(H2,36,37,43)/t19?,20?,21-,25-/m1/s1. The van der Waals surface area contributed by atoms with Crippen molar-refractivity contribution >= 4 is 39.4 Å². The number of nitrogens with one attached hydrogen (secondary N) is 3. The molecule has 13 heteroatoms. The number of carbonyl (C=O) groups excluding carboxylic acids is 5. The van der Waals surface area contributed by atoms with E-state index in [0.29, 0.717) is 6.42 Å². The quantitative estimate of drug-likeness (QED) is 0.245. The summed E-state index contributed by atoms with van der Waals surface area (Å²) in [5.74, 6) is -3.30. The van der Waals surface area contributed by atoms with Crippen LogP contribution in [0.5, 0.6) is 0 Å². The molecule has 46 heavy (non-hydrogen) atoms. The van der Waals surface area contributed by atoms with Crippen LogP contribution in [-0.2, 0) is 29.0 Å².